The lowest BCUT2D eigenvalue weighted by Crippen LogP contribution is -2.18. The number of aromatic nitrogens is 2. The fourth-order valence-corrected chi connectivity index (χ4v) is 1.11. The molecule has 0 aliphatic carbocycles. The fraction of sp³-hybridized carbons (Fsp3) is 0.800. The number of halogens is 3. The van der Waals surface area contributed by atoms with Crippen LogP contribution in [0.5, 0.6) is 0 Å². The van der Waals surface area contributed by atoms with Gasteiger partial charge in [-0.2, -0.15) is 18.2 Å². The number of ether oxygens (including phenoxy) is 1. The molecule has 1 N–H and O–H groups in total. The second-order valence-electron chi connectivity index (χ2n) is 4.00. The summed E-state index contributed by atoms with van der Waals surface area (Å²) in [6, 6.07) is 0. The largest absolute Gasteiger partial charge is 0.411 e. The molecular weight excluding hydrogens is 253 g/mol. The van der Waals surface area contributed by atoms with Gasteiger partial charge in [-0.3, -0.25) is 0 Å². The normalized spacial score (nSPS) is 15.7. The van der Waals surface area contributed by atoms with E-state index < -0.39 is 18.9 Å². The van der Waals surface area contributed by atoms with E-state index in [2.05, 4.69) is 14.9 Å². The van der Waals surface area contributed by atoms with Crippen molar-refractivity contribution in [2.24, 2.45) is 0 Å². The van der Waals surface area contributed by atoms with Crippen molar-refractivity contribution in [1.82, 2.24) is 10.1 Å². The minimum absolute atomic E-state index is 0.131. The molecule has 2 atom stereocenters. The molecule has 1 aromatic heterocycles. The highest BCUT2D eigenvalue weighted by molar-refractivity contribution is 4.94. The molecule has 1 rings (SSSR count). The van der Waals surface area contributed by atoms with E-state index in [-0.39, 0.29) is 30.7 Å². The third kappa shape index (κ3) is 5.01. The number of hydrogen-bond donors (Lipinski definition) is 1. The molecule has 0 aliphatic rings. The Balaban J connectivity index is 2.36. The number of hydrogen-bond acceptors (Lipinski definition) is 5. The standard InChI is InChI=1S/C10H15F3N2O3/c1-6(7(2)16)9-14-8(15-18-9)3-4-17-5-10(11,12)13/h6-7,16H,3-5H2,1-2H3. The van der Waals surface area contributed by atoms with Crippen LogP contribution >= 0.6 is 0 Å². The van der Waals surface area contributed by atoms with E-state index in [0.29, 0.717) is 0 Å². The third-order valence-electron chi connectivity index (χ3n) is 2.33. The quantitative estimate of drug-likeness (QED) is 0.795. The van der Waals surface area contributed by atoms with Crippen LogP contribution in [0.1, 0.15) is 31.5 Å². The van der Waals surface area contributed by atoms with Gasteiger partial charge in [0, 0.05) is 6.42 Å². The summed E-state index contributed by atoms with van der Waals surface area (Å²) < 4.78 is 44.6. The van der Waals surface area contributed by atoms with Crippen molar-refractivity contribution in [3.8, 4) is 0 Å². The van der Waals surface area contributed by atoms with Crippen LogP contribution in [0.4, 0.5) is 13.2 Å². The van der Waals surface area contributed by atoms with Crippen molar-refractivity contribution in [2.45, 2.75) is 38.5 Å². The Bertz CT molecular complexity index is 365. The van der Waals surface area contributed by atoms with Crippen molar-refractivity contribution < 1.29 is 27.5 Å². The van der Waals surface area contributed by atoms with Crippen LogP contribution in [0.3, 0.4) is 0 Å². The number of aliphatic hydroxyl groups is 1. The fourth-order valence-electron chi connectivity index (χ4n) is 1.11. The van der Waals surface area contributed by atoms with Gasteiger partial charge < -0.3 is 14.4 Å². The lowest BCUT2D eigenvalue weighted by molar-refractivity contribution is -0.173. The molecular formula is C10H15F3N2O3. The van der Waals surface area contributed by atoms with Crippen LogP contribution in [0.25, 0.3) is 0 Å². The Kier molecular flexibility index (Phi) is 5.09. The molecule has 0 radical (unpaired) electrons. The summed E-state index contributed by atoms with van der Waals surface area (Å²) in [4.78, 5) is 3.97. The molecule has 5 nitrogen and oxygen atoms in total. The summed E-state index contributed by atoms with van der Waals surface area (Å²) in [5, 5.41) is 12.9. The first-order chi connectivity index (χ1) is 8.29. The Morgan fingerprint density at radius 3 is 2.61 bits per heavy atom. The molecule has 0 saturated carbocycles. The summed E-state index contributed by atoms with van der Waals surface area (Å²) >= 11 is 0. The lowest BCUT2D eigenvalue weighted by atomic mass is 10.1. The monoisotopic (exact) mass is 268 g/mol. The van der Waals surface area contributed by atoms with Gasteiger partial charge >= 0.3 is 6.18 Å². The van der Waals surface area contributed by atoms with Crippen molar-refractivity contribution in [3.63, 3.8) is 0 Å². The molecule has 104 valence electrons. The average molecular weight is 268 g/mol. The lowest BCUT2D eigenvalue weighted by Gasteiger charge is -2.08. The minimum Gasteiger partial charge on any atom is -0.393 e. The number of alkyl halides is 3. The highest BCUT2D eigenvalue weighted by Gasteiger charge is 2.27. The summed E-state index contributed by atoms with van der Waals surface area (Å²) in [5.74, 6) is 0.206. The summed E-state index contributed by atoms with van der Waals surface area (Å²) in [6.45, 7) is 1.87. The van der Waals surface area contributed by atoms with E-state index in [9.17, 15) is 18.3 Å². The number of aliphatic hydroxyl groups excluding tert-OH is 1. The van der Waals surface area contributed by atoms with E-state index in [1.54, 1.807) is 13.8 Å². The van der Waals surface area contributed by atoms with Crippen LogP contribution in [-0.4, -0.2) is 40.7 Å². The number of nitrogens with zero attached hydrogens (tertiary/aromatic N) is 2. The van der Waals surface area contributed by atoms with Gasteiger partial charge in [-0.15, -0.1) is 0 Å². The maximum atomic E-state index is 11.8. The molecule has 0 aliphatic heterocycles. The van der Waals surface area contributed by atoms with E-state index in [1.807, 2.05) is 0 Å². The number of rotatable bonds is 6. The van der Waals surface area contributed by atoms with Crippen LogP contribution in [0, 0.1) is 0 Å². The molecule has 1 aromatic rings. The Hall–Kier alpha value is -1.15. The third-order valence-corrected chi connectivity index (χ3v) is 2.33. The van der Waals surface area contributed by atoms with Gasteiger partial charge in [0.2, 0.25) is 5.89 Å². The Labute approximate surface area is 102 Å². The molecule has 0 aromatic carbocycles. The maximum absolute atomic E-state index is 11.8. The predicted molar refractivity (Wildman–Crippen MR) is 55.0 cm³/mol. The van der Waals surface area contributed by atoms with Gasteiger partial charge in [-0.05, 0) is 6.92 Å². The zero-order valence-electron chi connectivity index (χ0n) is 10.1. The average Bonchev–Trinajstić information content (AvgIpc) is 2.70. The van der Waals surface area contributed by atoms with E-state index in [4.69, 9.17) is 4.52 Å². The van der Waals surface area contributed by atoms with Crippen molar-refractivity contribution in [3.05, 3.63) is 11.7 Å². The molecule has 2 unspecified atom stereocenters. The van der Waals surface area contributed by atoms with Gasteiger partial charge in [-0.25, -0.2) is 0 Å². The van der Waals surface area contributed by atoms with Crippen LogP contribution in [-0.2, 0) is 11.2 Å². The van der Waals surface area contributed by atoms with Gasteiger partial charge in [0.15, 0.2) is 5.82 Å². The summed E-state index contributed by atoms with van der Waals surface area (Å²) in [5.41, 5.74) is 0. The van der Waals surface area contributed by atoms with Gasteiger partial charge in [0.05, 0.1) is 18.6 Å². The highest BCUT2D eigenvalue weighted by atomic mass is 19.4. The summed E-state index contributed by atoms with van der Waals surface area (Å²) in [7, 11) is 0. The Morgan fingerprint density at radius 1 is 1.39 bits per heavy atom. The van der Waals surface area contributed by atoms with Crippen molar-refractivity contribution in [2.75, 3.05) is 13.2 Å². The smallest absolute Gasteiger partial charge is 0.393 e. The predicted octanol–water partition coefficient (Wildman–Crippen LogP) is 1.68. The zero-order chi connectivity index (χ0) is 13.8. The van der Waals surface area contributed by atoms with E-state index in [0.717, 1.165) is 0 Å². The van der Waals surface area contributed by atoms with Crippen molar-refractivity contribution >= 4 is 0 Å². The van der Waals surface area contributed by atoms with Crippen LogP contribution < -0.4 is 0 Å². The molecule has 8 heteroatoms. The molecule has 0 amide bonds. The van der Waals surface area contributed by atoms with Crippen LogP contribution in [0.15, 0.2) is 4.52 Å². The molecule has 0 bridgehead atoms. The molecule has 1 heterocycles. The Morgan fingerprint density at radius 2 is 2.06 bits per heavy atom. The second-order valence-corrected chi connectivity index (χ2v) is 4.00. The van der Waals surface area contributed by atoms with E-state index >= 15 is 0 Å². The first kappa shape index (κ1) is 14.9. The first-order valence-corrected chi connectivity index (χ1v) is 5.44. The topological polar surface area (TPSA) is 68.4 Å². The molecule has 18 heavy (non-hydrogen) atoms. The van der Waals surface area contributed by atoms with Gasteiger partial charge in [-0.1, -0.05) is 12.1 Å². The van der Waals surface area contributed by atoms with E-state index in [1.165, 1.54) is 0 Å². The van der Waals surface area contributed by atoms with Gasteiger partial charge in [0.1, 0.15) is 6.61 Å². The molecule has 0 saturated heterocycles. The summed E-state index contributed by atoms with van der Waals surface area (Å²) in [6.07, 6.45) is -4.84. The first-order valence-electron chi connectivity index (χ1n) is 5.44. The second kappa shape index (κ2) is 6.14. The maximum Gasteiger partial charge on any atom is 0.411 e. The zero-order valence-corrected chi connectivity index (χ0v) is 10.1. The van der Waals surface area contributed by atoms with Gasteiger partial charge in [0.25, 0.3) is 0 Å². The van der Waals surface area contributed by atoms with Crippen molar-refractivity contribution in [1.29, 1.82) is 0 Å². The molecule has 0 fully saturated rings. The SMILES string of the molecule is CC(O)C(C)c1nc(CCOCC(F)(F)F)no1. The highest BCUT2D eigenvalue weighted by Crippen LogP contribution is 2.17. The minimum atomic E-state index is -4.33. The van der Waals surface area contributed by atoms with Crippen LogP contribution in [0.2, 0.25) is 0 Å². The molecule has 0 spiro atoms.